The van der Waals surface area contributed by atoms with Crippen molar-refractivity contribution in [2.24, 2.45) is 0 Å². The fraction of sp³-hybridized carbons (Fsp3) is 1.00. The topological polar surface area (TPSA) is 34.1 Å². The van der Waals surface area contributed by atoms with Crippen molar-refractivity contribution in [2.75, 3.05) is 5.75 Å². The molecule has 0 radical (unpaired) electrons. The lowest BCUT2D eigenvalue weighted by Crippen LogP contribution is -2.12. The van der Waals surface area contributed by atoms with E-state index in [0.29, 0.717) is 0 Å². The molecule has 8 heavy (non-hydrogen) atoms. The molecule has 0 aliphatic heterocycles. The van der Waals surface area contributed by atoms with Gasteiger partial charge in [-0.2, -0.15) is 8.78 Å². The molecule has 0 bridgehead atoms. The third-order valence-corrected chi connectivity index (χ3v) is 1.28. The minimum Gasteiger partial charge on any atom is -0.232 e. The lowest BCUT2D eigenvalue weighted by Gasteiger charge is -1.98. The first-order valence-electron chi connectivity index (χ1n) is 1.60. The van der Waals surface area contributed by atoms with Crippen LogP contribution in [0.15, 0.2) is 0 Å². The fourth-order valence-electron chi connectivity index (χ4n) is 0.146. The Hall–Kier alpha value is 0.1000. The maximum absolute atomic E-state index is 11.4. The maximum Gasteiger partial charge on any atom is 0.335 e. The highest BCUT2D eigenvalue weighted by molar-refractivity contribution is 7.72. The molecule has 0 saturated carbocycles. The minimum atomic E-state index is -3.60. The molecule has 0 aliphatic carbocycles. The van der Waals surface area contributed by atoms with E-state index in [1.165, 1.54) is 0 Å². The van der Waals surface area contributed by atoms with Crippen molar-refractivity contribution in [2.45, 2.75) is 5.38 Å². The number of rotatable bonds is 2. The van der Waals surface area contributed by atoms with Crippen molar-refractivity contribution in [1.29, 1.82) is 0 Å². The standard InChI is InChI=1S/C2H3ClF2O2S/c3-2(4,5)1-8(6)7/h8H,1H2. The van der Waals surface area contributed by atoms with E-state index in [0.717, 1.165) is 0 Å². The van der Waals surface area contributed by atoms with Gasteiger partial charge >= 0.3 is 5.38 Å². The minimum absolute atomic E-state index is 1.29. The quantitative estimate of drug-likeness (QED) is 0.475. The van der Waals surface area contributed by atoms with E-state index in [1.54, 1.807) is 0 Å². The normalized spacial score (nSPS) is 12.5. The molecule has 0 atom stereocenters. The molecule has 0 rings (SSSR count). The second-order valence-corrected chi connectivity index (χ2v) is 2.64. The molecule has 0 unspecified atom stereocenters. The summed E-state index contributed by atoms with van der Waals surface area (Å²) in [5.41, 5.74) is 0. The zero-order valence-electron chi connectivity index (χ0n) is 3.60. The summed E-state index contributed by atoms with van der Waals surface area (Å²) in [4.78, 5) is 0. The van der Waals surface area contributed by atoms with Crippen LogP contribution >= 0.6 is 11.6 Å². The van der Waals surface area contributed by atoms with Gasteiger partial charge in [0.15, 0.2) is 0 Å². The van der Waals surface area contributed by atoms with Gasteiger partial charge in [0.2, 0.25) is 0 Å². The molecule has 0 heterocycles. The van der Waals surface area contributed by atoms with Crippen LogP contribution in [-0.2, 0) is 10.7 Å². The largest absolute Gasteiger partial charge is 0.335 e. The molecule has 0 spiro atoms. The van der Waals surface area contributed by atoms with E-state index in [2.05, 4.69) is 11.6 Å². The van der Waals surface area contributed by atoms with E-state index in [4.69, 9.17) is 0 Å². The van der Waals surface area contributed by atoms with Crippen LogP contribution in [0.3, 0.4) is 0 Å². The van der Waals surface area contributed by atoms with Gasteiger partial charge in [0.25, 0.3) is 0 Å². The molecule has 0 amide bonds. The summed E-state index contributed by atoms with van der Waals surface area (Å²) in [6.45, 7) is 0. The van der Waals surface area contributed by atoms with Crippen LogP contribution in [0.5, 0.6) is 0 Å². The highest BCUT2D eigenvalue weighted by Crippen LogP contribution is 2.17. The lowest BCUT2D eigenvalue weighted by molar-refractivity contribution is 0.123. The van der Waals surface area contributed by atoms with Crippen LogP contribution in [-0.4, -0.2) is 19.6 Å². The van der Waals surface area contributed by atoms with Crippen molar-refractivity contribution in [3.05, 3.63) is 0 Å². The first-order chi connectivity index (χ1) is 3.42. The average molecular weight is 165 g/mol. The Morgan fingerprint density at radius 3 is 1.88 bits per heavy atom. The highest BCUT2D eigenvalue weighted by Gasteiger charge is 2.25. The van der Waals surface area contributed by atoms with Gasteiger partial charge in [-0.15, -0.1) is 0 Å². The van der Waals surface area contributed by atoms with Gasteiger partial charge in [-0.05, 0) is 11.6 Å². The number of hydrogen-bond donors (Lipinski definition) is 1. The molecule has 0 aromatic heterocycles. The summed E-state index contributed by atoms with van der Waals surface area (Å²) < 4.78 is 41.7. The van der Waals surface area contributed by atoms with Gasteiger partial charge in [-0.25, -0.2) is 8.42 Å². The van der Waals surface area contributed by atoms with Crippen molar-refractivity contribution >= 4 is 22.3 Å². The van der Waals surface area contributed by atoms with Gasteiger partial charge in [0.05, 0.1) is 0 Å². The second kappa shape index (κ2) is 2.59. The molecule has 0 saturated heterocycles. The molecule has 2 nitrogen and oxygen atoms in total. The maximum atomic E-state index is 11.4. The summed E-state index contributed by atoms with van der Waals surface area (Å²) in [5, 5.41) is -3.60. The molecule has 0 N–H and O–H groups in total. The zero-order chi connectivity index (χ0) is 6.78. The Kier molecular flexibility index (Phi) is 2.62. The van der Waals surface area contributed by atoms with Crippen molar-refractivity contribution in [3.8, 4) is 0 Å². The Balaban J connectivity index is 3.73. The summed E-state index contributed by atoms with van der Waals surface area (Å²) in [7, 11) is -3.07. The number of alkyl halides is 3. The molecule has 0 aromatic carbocycles. The van der Waals surface area contributed by atoms with Crippen LogP contribution < -0.4 is 0 Å². The van der Waals surface area contributed by atoms with E-state index in [1.807, 2.05) is 0 Å². The van der Waals surface area contributed by atoms with Crippen molar-refractivity contribution < 1.29 is 17.2 Å². The predicted molar refractivity (Wildman–Crippen MR) is 26.0 cm³/mol. The first kappa shape index (κ1) is 8.10. The van der Waals surface area contributed by atoms with Crippen molar-refractivity contribution in [1.82, 2.24) is 0 Å². The van der Waals surface area contributed by atoms with Crippen LogP contribution in [0.2, 0.25) is 0 Å². The van der Waals surface area contributed by atoms with Crippen molar-refractivity contribution in [3.63, 3.8) is 0 Å². The predicted octanol–water partition coefficient (Wildman–Crippen LogP) is 0.429. The molecule has 0 aromatic rings. The second-order valence-electron chi connectivity index (χ2n) is 1.11. The molecular weight excluding hydrogens is 162 g/mol. The Morgan fingerprint density at radius 2 is 1.88 bits per heavy atom. The summed E-state index contributed by atoms with van der Waals surface area (Å²) in [6, 6.07) is 0. The lowest BCUT2D eigenvalue weighted by atomic mass is 10.8. The number of halogens is 3. The fourth-order valence-corrected chi connectivity index (χ4v) is 0.732. The zero-order valence-corrected chi connectivity index (χ0v) is 5.26. The van der Waals surface area contributed by atoms with Crippen LogP contribution in [0.4, 0.5) is 8.78 Å². The highest BCUT2D eigenvalue weighted by atomic mass is 35.5. The molecular formula is C2H3ClF2O2S. The smallest absolute Gasteiger partial charge is 0.232 e. The first-order valence-corrected chi connectivity index (χ1v) is 3.34. The summed E-state index contributed by atoms with van der Waals surface area (Å²) >= 11 is 4.21. The van der Waals surface area contributed by atoms with Gasteiger partial charge < -0.3 is 0 Å². The number of thiol groups is 1. The van der Waals surface area contributed by atoms with E-state index in [9.17, 15) is 17.2 Å². The van der Waals surface area contributed by atoms with Crippen LogP contribution in [0, 0.1) is 0 Å². The summed E-state index contributed by atoms with van der Waals surface area (Å²) in [6.07, 6.45) is 0. The Labute approximate surface area is 51.4 Å². The Bertz CT molecular complexity index is 129. The third-order valence-electron chi connectivity index (χ3n) is 0.308. The van der Waals surface area contributed by atoms with Crippen LogP contribution in [0.1, 0.15) is 0 Å². The third kappa shape index (κ3) is 6.10. The summed E-state index contributed by atoms with van der Waals surface area (Å²) in [5.74, 6) is -1.29. The van der Waals surface area contributed by atoms with Crippen LogP contribution in [0.25, 0.3) is 0 Å². The van der Waals surface area contributed by atoms with E-state index >= 15 is 0 Å². The molecule has 50 valence electrons. The molecule has 6 heteroatoms. The molecule has 0 fully saturated rings. The van der Waals surface area contributed by atoms with E-state index < -0.39 is 21.8 Å². The SMILES string of the molecule is O=[SH](=O)CC(F)(F)Cl. The molecule has 0 aliphatic rings. The van der Waals surface area contributed by atoms with Gasteiger partial charge in [-0.3, -0.25) is 0 Å². The average Bonchev–Trinajstić information content (AvgIpc) is 1.21. The Morgan fingerprint density at radius 1 is 1.50 bits per heavy atom. The van der Waals surface area contributed by atoms with Gasteiger partial charge in [0, 0.05) is 0 Å². The van der Waals surface area contributed by atoms with E-state index in [-0.39, 0.29) is 0 Å². The monoisotopic (exact) mass is 164 g/mol. The number of hydrogen-bond acceptors (Lipinski definition) is 2. The van der Waals surface area contributed by atoms with Gasteiger partial charge in [-0.1, -0.05) is 0 Å². The van der Waals surface area contributed by atoms with Gasteiger partial charge in [0.1, 0.15) is 16.5 Å².